The van der Waals surface area contributed by atoms with Gasteiger partial charge in [-0.3, -0.25) is 29.0 Å². The summed E-state index contributed by atoms with van der Waals surface area (Å²) in [5.41, 5.74) is 21.4. The number of carboxylic acids is 2. The normalized spacial score (nSPS) is 14.8. The van der Waals surface area contributed by atoms with Crippen molar-refractivity contribution in [2.75, 3.05) is 6.54 Å². The molecule has 0 bridgehead atoms. The van der Waals surface area contributed by atoms with E-state index in [0.29, 0.717) is 6.42 Å². The van der Waals surface area contributed by atoms with E-state index in [1.165, 1.54) is 0 Å². The molecule has 5 unspecified atom stereocenters. The first kappa shape index (κ1) is 32.0. The van der Waals surface area contributed by atoms with Gasteiger partial charge < -0.3 is 49.1 Å². The van der Waals surface area contributed by atoms with E-state index in [2.05, 4.69) is 15.6 Å². The summed E-state index contributed by atoms with van der Waals surface area (Å²) in [5.74, 6) is -7.23. The molecule has 0 saturated carbocycles. The lowest BCUT2D eigenvalue weighted by Gasteiger charge is -2.25. The number of guanidine groups is 1. The average molecular weight is 517 g/mol. The number of aliphatic carboxylic acids is 2. The van der Waals surface area contributed by atoms with E-state index < -0.39 is 72.6 Å². The van der Waals surface area contributed by atoms with Gasteiger partial charge in [0.2, 0.25) is 23.6 Å². The zero-order chi connectivity index (χ0) is 28.0. The first-order chi connectivity index (χ1) is 16.7. The summed E-state index contributed by atoms with van der Waals surface area (Å²) in [4.78, 5) is 75.5. The van der Waals surface area contributed by atoms with Gasteiger partial charge in [0.25, 0.3) is 0 Å². The monoisotopic (exact) mass is 516 g/mol. The molecule has 0 spiro atoms. The fourth-order valence-electron chi connectivity index (χ4n) is 2.88. The van der Waals surface area contributed by atoms with Gasteiger partial charge in [0.15, 0.2) is 5.96 Å². The average Bonchev–Trinajstić information content (AvgIpc) is 2.77. The van der Waals surface area contributed by atoms with Crippen LogP contribution in [-0.2, 0) is 28.8 Å². The van der Waals surface area contributed by atoms with Crippen LogP contribution in [0.4, 0.5) is 0 Å². The molecular formula is C20H36N8O8. The van der Waals surface area contributed by atoms with E-state index in [0.717, 1.165) is 0 Å². The summed E-state index contributed by atoms with van der Waals surface area (Å²) >= 11 is 0. The zero-order valence-electron chi connectivity index (χ0n) is 20.2. The Balaban J connectivity index is 5.69. The summed E-state index contributed by atoms with van der Waals surface area (Å²) in [7, 11) is 0. The maximum Gasteiger partial charge on any atom is 0.326 e. The van der Waals surface area contributed by atoms with Crippen LogP contribution in [0.25, 0.3) is 0 Å². The number of carbonyl (C=O) groups excluding carboxylic acids is 4. The number of nitrogens with zero attached hydrogens (tertiary/aromatic N) is 1. The van der Waals surface area contributed by atoms with Crippen molar-refractivity contribution in [2.45, 2.75) is 70.1 Å². The number of primary amides is 1. The highest BCUT2D eigenvalue weighted by Crippen LogP contribution is 2.08. The second-order valence-electron chi connectivity index (χ2n) is 8.15. The highest BCUT2D eigenvalue weighted by atomic mass is 16.4. The minimum absolute atomic E-state index is 0.00240. The summed E-state index contributed by atoms with van der Waals surface area (Å²) in [6.45, 7) is 3.69. The van der Waals surface area contributed by atoms with Gasteiger partial charge in [0.05, 0.1) is 18.9 Å². The maximum absolute atomic E-state index is 12.9. The third-order valence-corrected chi connectivity index (χ3v) is 5.17. The Morgan fingerprint density at radius 1 is 0.833 bits per heavy atom. The topological polar surface area (TPSA) is 295 Å². The third-order valence-electron chi connectivity index (χ3n) is 5.17. The molecule has 13 N–H and O–H groups in total. The van der Waals surface area contributed by atoms with Crippen LogP contribution in [0.3, 0.4) is 0 Å². The Kier molecular flexibility index (Phi) is 14.1. The predicted molar refractivity (Wildman–Crippen MR) is 127 cm³/mol. The number of carbonyl (C=O) groups is 6. The molecule has 0 heterocycles. The number of amides is 4. The van der Waals surface area contributed by atoms with E-state index >= 15 is 0 Å². The quantitative estimate of drug-likeness (QED) is 0.0514. The van der Waals surface area contributed by atoms with Crippen molar-refractivity contribution in [3.63, 3.8) is 0 Å². The van der Waals surface area contributed by atoms with Crippen LogP contribution in [0.1, 0.15) is 46.0 Å². The number of hydrogen-bond donors (Lipinski definition) is 9. The van der Waals surface area contributed by atoms with Gasteiger partial charge in [-0.1, -0.05) is 20.3 Å². The van der Waals surface area contributed by atoms with Gasteiger partial charge in [-0.05, 0) is 18.8 Å². The van der Waals surface area contributed by atoms with Crippen LogP contribution in [0.5, 0.6) is 0 Å². The van der Waals surface area contributed by atoms with Crippen molar-refractivity contribution in [1.29, 1.82) is 0 Å². The van der Waals surface area contributed by atoms with Crippen molar-refractivity contribution in [2.24, 2.45) is 33.8 Å². The summed E-state index contributed by atoms with van der Waals surface area (Å²) in [6.07, 6.45) is -0.854. The van der Waals surface area contributed by atoms with Gasteiger partial charge in [-0.25, -0.2) is 4.79 Å². The standard InChI is InChI=1S/C20H36N8O8/c1-3-9(2)15(22)18(34)26-10(5-4-6-25-20(23)24)16(32)27-11(8-14(30)31)17(33)28-12(19(35)36)7-13(21)29/h9-12,15H,3-8,22H2,1-2H3,(H2,21,29)(H,26,34)(H,27,32)(H,28,33)(H,30,31)(H,35,36)(H4,23,24,25). The number of nitrogens with two attached hydrogens (primary N) is 4. The number of rotatable bonds is 17. The summed E-state index contributed by atoms with van der Waals surface area (Å²) in [5, 5.41) is 25.0. The number of hydrogen-bond acceptors (Lipinski definition) is 8. The molecule has 0 rings (SSSR count). The molecular weight excluding hydrogens is 480 g/mol. The van der Waals surface area contributed by atoms with Crippen LogP contribution in [0.15, 0.2) is 4.99 Å². The van der Waals surface area contributed by atoms with E-state index in [1.807, 2.05) is 12.2 Å². The largest absolute Gasteiger partial charge is 0.481 e. The smallest absolute Gasteiger partial charge is 0.326 e. The molecule has 0 aromatic rings. The predicted octanol–water partition coefficient (Wildman–Crippen LogP) is -3.70. The van der Waals surface area contributed by atoms with Gasteiger partial charge >= 0.3 is 11.9 Å². The molecule has 4 amide bonds. The van der Waals surface area contributed by atoms with Crippen molar-refractivity contribution in [3.8, 4) is 0 Å². The third kappa shape index (κ3) is 12.5. The molecule has 0 aliphatic rings. The Hall–Kier alpha value is -3.95. The molecule has 0 aromatic carbocycles. The Bertz CT molecular complexity index is 846. The molecule has 0 radical (unpaired) electrons. The Morgan fingerprint density at radius 2 is 1.36 bits per heavy atom. The summed E-state index contributed by atoms with van der Waals surface area (Å²) < 4.78 is 0. The lowest BCUT2D eigenvalue weighted by molar-refractivity contribution is -0.144. The van der Waals surface area contributed by atoms with E-state index in [-0.39, 0.29) is 31.3 Å². The van der Waals surface area contributed by atoms with Crippen LogP contribution >= 0.6 is 0 Å². The van der Waals surface area contributed by atoms with Gasteiger partial charge in [0, 0.05) is 6.54 Å². The van der Waals surface area contributed by atoms with Gasteiger partial charge in [-0.2, -0.15) is 0 Å². The van der Waals surface area contributed by atoms with Crippen LogP contribution in [0, 0.1) is 5.92 Å². The highest BCUT2D eigenvalue weighted by Gasteiger charge is 2.32. The van der Waals surface area contributed by atoms with Gasteiger partial charge in [0.1, 0.15) is 18.1 Å². The molecule has 0 aliphatic carbocycles. The first-order valence-corrected chi connectivity index (χ1v) is 11.1. The first-order valence-electron chi connectivity index (χ1n) is 11.1. The summed E-state index contributed by atoms with van der Waals surface area (Å²) in [6, 6.07) is -5.66. The fourth-order valence-corrected chi connectivity index (χ4v) is 2.88. The molecule has 36 heavy (non-hydrogen) atoms. The number of nitrogens with one attached hydrogen (secondary N) is 3. The van der Waals surface area contributed by atoms with Crippen molar-refractivity contribution >= 4 is 41.5 Å². The van der Waals surface area contributed by atoms with Crippen molar-refractivity contribution in [3.05, 3.63) is 0 Å². The minimum atomic E-state index is -1.74. The van der Waals surface area contributed by atoms with Gasteiger partial charge in [-0.15, -0.1) is 0 Å². The van der Waals surface area contributed by atoms with E-state index in [9.17, 15) is 28.8 Å². The molecule has 0 saturated heterocycles. The lowest BCUT2D eigenvalue weighted by Crippen LogP contribution is -2.58. The van der Waals surface area contributed by atoms with Crippen LogP contribution in [0.2, 0.25) is 0 Å². The van der Waals surface area contributed by atoms with Crippen molar-refractivity contribution in [1.82, 2.24) is 16.0 Å². The molecule has 0 fully saturated rings. The fraction of sp³-hybridized carbons (Fsp3) is 0.650. The van der Waals surface area contributed by atoms with E-state index in [1.54, 1.807) is 6.92 Å². The number of aliphatic imine (C=N–C) groups is 1. The molecule has 5 atom stereocenters. The molecule has 0 aliphatic heterocycles. The second kappa shape index (κ2) is 15.9. The SMILES string of the molecule is CCC(C)C(N)C(=O)NC(CCCN=C(N)N)C(=O)NC(CC(=O)O)C(=O)NC(CC(N)=O)C(=O)O. The Labute approximate surface area is 207 Å². The van der Waals surface area contributed by atoms with Crippen LogP contribution < -0.4 is 38.9 Å². The molecule has 16 nitrogen and oxygen atoms in total. The molecule has 204 valence electrons. The molecule has 0 aromatic heterocycles. The lowest BCUT2D eigenvalue weighted by atomic mass is 9.98. The maximum atomic E-state index is 12.9. The second-order valence-corrected chi connectivity index (χ2v) is 8.15. The van der Waals surface area contributed by atoms with Crippen LogP contribution in [-0.4, -0.2) is 82.5 Å². The zero-order valence-corrected chi connectivity index (χ0v) is 20.2. The minimum Gasteiger partial charge on any atom is -0.481 e. The van der Waals surface area contributed by atoms with E-state index in [4.69, 9.17) is 33.1 Å². The molecule has 16 heteroatoms. The highest BCUT2D eigenvalue weighted by molar-refractivity contribution is 5.96. The number of carboxylic acid groups (broad SMARTS) is 2. The van der Waals surface area contributed by atoms with Crippen molar-refractivity contribution < 1.29 is 39.0 Å². The Morgan fingerprint density at radius 3 is 1.83 bits per heavy atom.